The van der Waals surface area contributed by atoms with Crippen molar-refractivity contribution in [1.29, 1.82) is 0 Å². The number of hydrogen-bond acceptors (Lipinski definition) is 4. The number of nitrogens with zero attached hydrogens (tertiary/aromatic N) is 1. The Labute approximate surface area is 120 Å². The topological polar surface area (TPSA) is 50.8 Å². The average Bonchev–Trinajstić information content (AvgIpc) is 2.47. The summed E-state index contributed by atoms with van der Waals surface area (Å²) in [4.78, 5) is 13.5. The molecule has 0 atom stereocenters. The van der Waals surface area contributed by atoms with Gasteiger partial charge in [0, 0.05) is 20.1 Å². The first-order valence-corrected chi connectivity index (χ1v) is 6.38. The van der Waals surface area contributed by atoms with Crippen molar-refractivity contribution in [2.24, 2.45) is 0 Å². The molecule has 110 valence electrons. The number of ether oxygens (including phenoxy) is 2. The normalized spacial score (nSPS) is 9.95. The van der Waals surface area contributed by atoms with Gasteiger partial charge in [-0.3, -0.25) is 4.79 Å². The number of carbonyl (C=O) groups excluding carboxylic acids is 1. The Balaban J connectivity index is 2.63. The van der Waals surface area contributed by atoms with E-state index in [1.165, 1.54) is 0 Å². The Hall–Kier alpha value is -2.01. The minimum absolute atomic E-state index is 0.0293. The fourth-order valence-electron chi connectivity index (χ4n) is 1.76. The van der Waals surface area contributed by atoms with E-state index in [9.17, 15) is 4.79 Å². The molecule has 0 aliphatic carbocycles. The molecular weight excluding hydrogens is 256 g/mol. The second kappa shape index (κ2) is 8.22. The predicted molar refractivity (Wildman–Crippen MR) is 79.1 cm³/mol. The third kappa shape index (κ3) is 4.59. The highest BCUT2D eigenvalue weighted by Gasteiger charge is 2.10. The number of rotatable bonds is 8. The van der Waals surface area contributed by atoms with Gasteiger partial charge in [-0.25, -0.2) is 0 Å². The summed E-state index contributed by atoms with van der Waals surface area (Å²) in [6, 6.07) is 5.63. The van der Waals surface area contributed by atoms with Crippen LogP contribution in [0.2, 0.25) is 0 Å². The Morgan fingerprint density at radius 1 is 1.35 bits per heavy atom. The summed E-state index contributed by atoms with van der Waals surface area (Å²) in [5, 5.41) is 2.99. The van der Waals surface area contributed by atoms with Crippen LogP contribution >= 0.6 is 0 Å². The lowest BCUT2D eigenvalue weighted by atomic mass is 10.2. The van der Waals surface area contributed by atoms with Crippen molar-refractivity contribution in [3.8, 4) is 11.5 Å². The molecule has 1 rings (SSSR count). The van der Waals surface area contributed by atoms with E-state index in [-0.39, 0.29) is 5.91 Å². The quantitative estimate of drug-likeness (QED) is 0.577. The van der Waals surface area contributed by atoms with E-state index >= 15 is 0 Å². The monoisotopic (exact) mass is 278 g/mol. The van der Waals surface area contributed by atoms with Crippen molar-refractivity contribution < 1.29 is 14.3 Å². The average molecular weight is 278 g/mol. The van der Waals surface area contributed by atoms with E-state index in [0.717, 1.165) is 5.56 Å². The fraction of sp³-hybridized carbons (Fsp3) is 0.400. The summed E-state index contributed by atoms with van der Waals surface area (Å²) >= 11 is 0. The van der Waals surface area contributed by atoms with E-state index in [1.807, 2.05) is 18.2 Å². The molecule has 5 heteroatoms. The third-order valence-corrected chi connectivity index (χ3v) is 2.86. The Morgan fingerprint density at radius 2 is 2.05 bits per heavy atom. The third-order valence-electron chi connectivity index (χ3n) is 2.86. The van der Waals surface area contributed by atoms with Crippen LogP contribution in [0.25, 0.3) is 0 Å². The summed E-state index contributed by atoms with van der Waals surface area (Å²) < 4.78 is 10.4. The van der Waals surface area contributed by atoms with Gasteiger partial charge in [0.05, 0.1) is 20.8 Å². The highest BCUT2D eigenvalue weighted by Crippen LogP contribution is 2.27. The number of methoxy groups -OCH3 is 2. The number of amides is 1. The maximum Gasteiger partial charge on any atom is 0.236 e. The highest BCUT2D eigenvalue weighted by molar-refractivity contribution is 5.78. The van der Waals surface area contributed by atoms with Gasteiger partial charge in [-0.2, -0.15) is 0 Å². The molecule has 1 N–H and O–H groups in total. The molecule has 0 heterocycles. The van der Waals surface area contributed by atoms with E-state index in [1.54, 1.807) is 32.2 Å². The van der Waals surface area contributed by atoms with Crippen LogP contribution in [-0.2, 0) is 11.3 Å². The van der Waals surface area contributed by atoms with Crippen molar-refractivity contribution in [2.75, 3.05) is 34.4 Å². The van der Waals surface area contributed by atoms with Crippen LogP contribution in [0.15, 0.2) is 30.9 Å². The molecule has 0 saturated carbocycles. The number of likely N-dealkylation sites (N-methyl/N-ethyl adjacent to an activating group) is 1. The molecular formula is C15H22N2O3. The number of hydrogen-bond donors (Lipinski definition) is 1. The van der Waals surface area contributed by atoms with Crippen molar-refractivity contribution >= 4 is 5.91 Å². The van der Waals surface area contributed by atoms with Gasteiger partial charge in [0.25, 0.3) is 0 Å². The zero-order valence-electron chi connectivity index (χ0n) is 12.3. The van der Waals surface area contributed by atoms with Crippen molar-refractivity contribution in [3.05, 3.63) is 36.4 Å². The van der Waals surface area contributed by atoms with E-state index < -0.39 is 0 Å². The molecule has 0 aliphatic heterocycles. The van der Waals surface area contributed by atoms with Gasteiger partial charge in [-0.1, -0.05) is 12.1 Å². The van der Waals surface area contributed by atoms with E-state index in [4.69, 9.17) is 9.47 Å². The molecule has 0 unspecified atom stereocenters. The van der Waals surface area contributed by atoms with Gasteiger partial charge in [0.1, 0.15) is 0 Å². The zero-order valence-corrected chi connectivity index (χ0v) is 12.3. The molecule has 0 fully saturated rings. The predicted octanol–water partition coefficient (Wildman–Crippen LogP) is 1.44. The van der Waals surface area contributed by atoms with Gasteiger partial charge in [-0.15, -0.1) is 6.58 Å². The second-order valence-corrected chi connectivity index (χ2v) is 4.36. The van der Waals surface area contributed by atoms with Gasteiger partial charge in [0.2, 0.25) is 5.91 Å². The standard InChI is InChI=1S/C15H22N2O3/c1-5-8-16-10-15(18)17(2)11-12-6-7-13(19-3)14(9-12)20-4/h5-7,9,16H,1,8,10-11H2,2-4H3. The molecule has 0 bridgehead atoms. The molecule has 0 aliphatic rings. The molecule has 0 spiro atoms. The number of nitrogens with one attached hydrogen (secondary N) is 1. The minimum Gasteiger partial charge on any atom is -0.493 e. The summed E-state index contributed by atoms with van der Waals surface area (Å²) in [5.41, 5.74) is 0.988. The van der Waals surface area contributed by atoms with Crippen LogP contribution < -0.4 is 14.8 Å². The molecule has 1 aromatic carbocycles. The van der Waals surface area contributed by atoms with Crippen LogP contribution in [0, 0.1) is 0 Å². The summed E-state index contributed by atoms with van der Waals surface area (Å²) in [6.45, 7) is 5.04. The largest absolute Gasteiger partial charge is 0.493 e. The van der Waals surface area contributed by atoms with Crippen LogP contribution in [0.1, 0.15) is 5.56 Å². The molecule has 1 amide bonds. The zero-order chi connectivity index (χ0) is 15.0. The van der Waals surface area contributed by atoms with Gasteiger partial charge in [-0.05, 0) is 17.7 Å². The maximum absolute atomic E-state index is 11.9. The van der Waals surface area contributed by atoms with E-state index in [2.05, 4.69) is 11.9 Å². The lowest BCUT2D eigenvalue weighted by Crippen LogP contribution is -2.35. The van der Waals surface area contributed by atoms with E-state index in [0.29, 0.717) is 31.1 Å². The molecule has 20 heavy (non-hydrogen) atoms. The molecule has 0 radical (unpaired) electrons. The smallest absolute Gasteiger partial charge is 0.236 e. The maximum atomic E-state index is 11.9. The first-order chi connectivity index (χ1) is 9.62. The molecule has 5 nitrogen and oxygen atoms in total. The van der Waals surface area contributed by atoms with Crippen molar-refractivity contribution in [1.82, 2.24) is 10.2 Å². The van der Waals surface area contributed by atoms with Gasteiger partial charge < -0.3 is 19.7 Å². The van der Waals surface area contributed by atoms with Crippen LogP contribution in [0.3, 0.4) is 0 Å². The SMILES string of the molecule is C=CCNCC(=O)N(C)Cc1ccc(OC)c(OC)c1. The van der Waals surface area contributed by atoms with Gasteiger partial charge >= 0.3 is 0 Å². The molecule has 1 aromatic rings. The Morgan fingerprint density at radius 3 is 2.65 bits per heavy atom. The second-order valence-electron chi connectivity index (χ2n) is 4.36. The fourth-order valence-corrected chi connectivity index (χ4v) is 1.76. The van der Waals surface area contributed by atoms with Crippen molar-refractivity contribution in [3.63, 3.8) is 0 Å². The highest BCUT2D eigenvalue weighted by atomic mass is 16.5. The summed E-state index contributed by atoms with van der Waals surface area (Å²) in [7, 11) is 4.96. The Bertz CT molecular complexity index is 460. The van der Waals surface area contributed by atoms with Crippen LogP contribution in [0.4, 0.5) is 0 Å². The Kier molecular flexibility index (Phi) is 6.59. The number of carbonyl (C=O) groups is 1. The summed E-state index contributed by atoms with van der Waals surface area (Å²) in [6.07, 6.45) is 1.72. The van der Waals surface area contributed by atoms with Crippen LogP contribution in [0.5, 0.6) is 11.5 Å². The van der Waals surface area contributed by atoms with Crippen molar-refractivity contribution in [2.45, 2.75) is 6.54 Å². The molecule has 0 aromatic heterocycles. The minimum atomic E-state index is 0.0293. The molecule has 0 saturated heterocycles. The number of benzene rings is 1. The summed E-state index contributed by atoms with van der Waals surface area (Å²) in [5.74, 6) is 1.37. The van der Waals surface area contributed by atoms with Crippen LogP contribution in [-0.4, -0.2) is 45.2 Å². The lowest BCUT2D eigenvalue weighted by molar-refractivity contribution is -0.129. The first kappa shape index (κ1) is 16.0. The lowest BCUT2D eigenvalue weighted by Gasteiger charge is -2.18. The first-order valence-electron chi connectivity index (χ1n) is 6.38. The van der Waals surface area contributed by atoms with Gasteiger partial charge in [0.15, 0.2) is 11.5 Å².